The number of methoxy groups -OCH3 is 1. The second-order valence-electron chi connectivity index (χ2n) is 7.25. The highest BCUT2D eigenvalue weighted by atomic mass is 16.5. The normalized spacial score (nSPS) is 16.9. The van der Waals surface area contributed by atoms with Gasteiger partial charge in [0, 0.05) is 32.1 Å². The van der Waals surface area contributed by atoms with Crippen molar-refractivity contribution in [2.45, 2.75) is 18.9 Å². The molecule has 3 amide bonds. The Morgan fingerprint density at radius 2 is 2.00 bits per heavy atom. The molecule has 3 heterocycles. The van der Waals surface area contributed by atoms with Gasteiger partial charge in [-0.15, -0.1) is 0 Å². The minimum atomic E-state index is -0.384. The number of pyridine rings is 1. The number of rotatable bonds is 5. The zero-order chi connectivity index (χ0) is 20.2. The number of carbonyl (C=O) groups is 2. The van der Waals surface area contributed by atoms with E-state index in [-0.39, 0.29) is 24.5 Å². The number of urea groups is 1. The third-order valence-corrected chi connectivity index (χ3v) is 5.26. The molecule has 0 bridgehead atoms. The first-order valence-corrected chi connectivity index (χ1v) is 9.82. The third-order valence-electron chi connectivity index (χ3n) is 5.26. The molecule has 2 aliphatic rings. The van der Waals surface area contributed by atoms with E-state index in [1.165, 1.54) is 23.4 Å². The molecule has 2 aromatic rings. The van der Waals surface area contributed by atoms with Gasteiger partial charge in [-0.2, -0.15) is 0 Å². The summed E-state index contributed by atoms with van der Waals surface area (Å²) < 4.78 is 5.33. The van der Waals surface area contributed by atoms with E-state index in [1.807, 2.05) is 12.1 Å². The van der Waals surface area contributed by atoms with E-state index in [0.29, 0.717) is 18.1 Å². The van der Waals surface area contributed by atoms with Crippen molar-refractivity contribution in [3.05, 3.63) is 48.2 Å². The number of fused-ring (bicyclic) bond motifs is 1. The maximum atomic E-state index is 13.0. The van der Waals surface area contributed by atoms with Gasteiger partial charge in [0.25, 0.3) is 0 Å². The van der Waals surface area contributed by atoms with Crippen molar-refractivity contribution in [2.75, 3.05) is 48.5 Å². The monoisotopic (exact) mass is 395 g/mol. The molecule has 0 spiro atoms. The number of nitrogens with one attached hydrogen (secondary N) is 2. The Morgan fingerprint density at radius 1 is 1.24 bits per heavy atom. The van der Waals surface area contributed by atoms with Crippen molar-refractivity contribution < 1.29 is 14.3 Å². The Bertz CT molecular complexity index is 880. The fraction of sp³-hybridized carbons (Fsp3) is 0.381. The molecule has 1 fully saturated rings. The van der Waals surface area contributed by atoms with Crippen LogP contribution in [0.5, 0.6) is 0 Å². The summed E-state index contributed by atoms with van der Waals surface area (Å²) in [7, 11) is 1.60. The zero-order valence-corrected chi connectivity index (χ0v) is 16.4. The Hall–Kier alpha value is -3.13. The Kier molecular flexibility index (Phi) is 5.62. The molecule has 8 nitrogen and oxygen atoms in total. The quantitative estimate of drug-likeness (QED) is 0.813. The third kappa shape index (κ3) is 4.17. The molecular formula is C21H25N5O3. The molecule has 2 aliphatic heterocycles. The van der Waals surface area contributed by atoms with E-state index >= 15 is 0 Å². The van der Waals surface area contributed by atoms with Crippen molar-refractivity contribution in [1.29, 1.82) is 0 Å². The SMILES string of the molecule is COCC(NC(=O)N1CC(=O)Nc2cccnc21)c1ccc(N2CCCC2)cc1. The molecule has 2 N–H and O–H groups in total. The number of ether oxygens (including phenoxy) is 1. The van der Waals surface area contributed by atoms with Crippen LogP contribution in [0.25, 0.3) is 0 Å². The van der Waals surface area contributed by atoms with Crippen molar-refractivity contribution in [1.82, 2.24) is 10.3 Å². The van der Waals surface area contributed by atoms with Crippen LogP contribution in [0.2, 0.25) is 0 Å². The van der Waals surface area contributed by atoms with Crippen LogP contribution in [-0.2, 0) is 9.53 Å². The minimum absolute atomic E-state index is 0.0799. The van der Waals surface area contributed by atoms with Crippen LogP contribution >= 0.6 is 0 Å². The van der Waals surface area contributed by atoms with Crippen molar-refractivity contribution in [3.8, 4) is 0 Å². The van der Waals surface area contributed by atoms with Crippen molar-refractivity contribution >= 4 is 29.1 Å². The van der Waals surface area contributed by atoms with Crippen LogP contribution in [0.4, 0.5) is 22.0 Å². The van der Waals surface area contributed by atoms with Gasteiger partial charge in [-0.25, -0.2) is 9.78 Å². The number of carbonyl (C=O) groups excluding carboxylic acids is 2. The minimum Gasteiger partial charge on any atom is -0.382 e. The molecule has 1 atom stereocenters. The summed E-state index contributed by atoms with van der Waals surface area (Å²) in [6, 6.07) is 10.9. The molecule has 29 heavy (non-hydrogen) atoms. The number of benzene rings is 1. The number of aromatic nitrogens is 1. The van der Waals surface area contributed by atoms with Gasteiger partial charge >= 0.3 is 6.03 Å². The van der Waals surface area contributed by atoms with Gasteiger partial charge < -0.3 is 20.3 Å². The first kappa shape index (κ1) is 19.2. The lowest BCUT2D eigenvalue weighted by Crippen LogP contribution is -2.49. The van der Waals surface area contributed by atoms with E-state index in [2.05, 4.69) is 32.7 Å². The number of hydrogen-bond acceptors (Lipinski definition) is 5. The van der Waals surface area contributed by atoms with Gasteiger partial charge in [-0.05, 0) is 42.7 Å². The van der Waals surface area contributed by atoms with Crippen LogP contribution in [0.3, 0.4) is 0 Å². The van der Waals surface area contributed by atoms with Gasteiger partial charge in [-0.3, -0.25) is 9.69 Å². The molecular weight excluding hydrogens is 370 g/mol. The second-order valence-corrected chi connectivity index (χ2v) is 7.25. The fourth-order valence-corrected chi connectivity index (χ4v) is 3.79. The molecule has 152 valence electrons. The first-order chi connectivity index (χ1) is 14.2. The Morgan fingerprint density at radius 3 is 2.72 bits per heavy atom. The summed E-state index contributed by atoms with van der Waals surface area (Å²) in [6.07, 6.45) is 4.05. The van der Waals surface area contributed by atoms with E-state index < -0.39 is 0 Å². The maximum Gasteiger partial charge on any atom is 0.324 e. The zero-order valence-electron chi connectivity index (χ0n) is 16.4. The molecule has 0 aliphatic carbocycles. The highest BCUT2D eigenvalue weighted by molar-refractivity contribution is 6.08. The summed E-state index contributed by atoms with van der Waals surface area (Å²) in [5, 5.41) is 5.72. The number of anilines is 3. The predicted octanol–water partition coefficient (Wildman–Crippen LogP) is 2.54. The molecule has 1 saturated heterocycles. The van der Waals surface area contributed by atoms with Crippen LogP contribution in [0.1, 0.15) is 24.4 Å². The van der Waals surface area contributed by atoms with Gasteiger partial charge in [0.15, 0.2) is 5.82 Å². The molecule has 1 aromatic heterocycles. The van der Waals surface area contributed by atoms with E-state index in [4.69, 9.17) is 4.74 Å². The highest BCUT2D eigenvalue weighted by Crippen LogP contribution is 2.27. The van der Waals surface area contributed by atoms with Gasteiger partial charge in [0.2, 0.25) is 5.91 Å². The molecule has 8 heteroatoms. The second kappa shape index (κ2) is 8.48. The Balaban J connectivity index is 1.51. The maximum absolute atomic E-state index is 13.0. The van der Waals surface area contributed by atoms with E-state index in [1.54, 1.807) is 25.4 Å². The summed E-state index contributed by atoms with van der Waals surface area (Å²) in [4.78, 5) is 32.9. The van der Waals surface area contributed by atoms with E-state index in [0.717, 1.165) is 18.7 Å². The first-order valence-electron chi connectivity index (χ1n) is 9.82. The molecule has 4 rings (SSSR count). The van der Waals surface area contributed by atoms with Crippen LogP contribution in [-0.4, -0.2) is 50.3 Å². The van der Waals surface area contributed by atoms with Crippen molar-refractivity contribution in [2.24, 2.45) is 0 Å². The molecule has 1 aromatic carbocycles. The number of amides is 3. The summed E-state index contributed by atoms with van der Waals surface area (Å²) in [5.74, 6) is 0.184. The highest BCUT2D eigenvalue weighted by Gasteiger charge is 2.29. The van der Waals surface area contributed by atoms with Gasteiger partial charge in [-0.1, -0.05) is 12.1 Å². The summed E-state index contributed by atoms with van der Waals surface area (Å²) in [5.41, 5.74) is 2.67. The Labute approximate surface area is 169 Å². The molecule has 0 radical (unpaired) electrons. The fourth-order valence-electron chi connectivity index (χ4n) is 3.79. The lowest BCUT2D eigenvalue weighted by atomic mass is 10.1. The largest absolute Gasteiger partial charge is 0.382 e. The molecule has 0 saturated carbocycles. The summed E-state index contributed by atoms with van der Waals surface area (Å²) in [6.45, 7) is 2.41. The molecule has 1 unspecified atom stereocenters. The van der Waals surface area contributed by atoms with Crippen LogP contribution in [0.15, 0.2) is 42.6 Å². The van der Waals surface area contributed by atoms with Crippen LogP contribution < -0.4 is 20.4 Å². The average molecular weight is 395 g/mol. The lowest BCUT2D eigenvalue weighted by molar-refractivity contribution is -0.115. The van der Waals surface area contributed by atoms with Crippen LogP contribution in [0, 0.1) is 0 Å². The predicted molar refractivity (Wildman–Crippen MR) is 111 cm³/mol. The average Bonchev–Trinajstić information content (AvgIpc) is 3.28. The van der Waals surface area contributed by atoms with Gasteiger partial charge in [0.1, 0.15) is 6.54 Å². The smallest absolute Gasteiger partial charge is 0.324 e. The van der Waals surface area contributed by atoms with Crippen molar-refractivity contribution in [3.63, 3.8) is 0 Å². The standard InChI is InChI=1S/C21H25N5O3/c1-29-14-18(15-6-8-16(9-7-15)25-11-2-3-12-25)24-21(28)26-13-19(27)23-17-5-4-10-22-20(17)26/h4-10,18H,2-3,11-14H2,1H3,(H,23,27)(H,24,28). The van der Waals surface area contributed by atoms with Gasteiger partial charge in [0.05, 0.1) is 18.3 Å². The number of nitrogens with zero attached hydrogens (tertiary/aromatic N) is 3. The number of hydrogen-bond donors (Lipinski definition) is 2. The lowest BCUT2D eigenvalue weighted by Gasteiger charge is -2.30. The topological polar surface area (TPSA) is 86.8 Å². The summed E-state index contributed by atoms with van der Waals surface area (Å²) >= 11 is 0. The van der Waals surface area contributed by atoms with E-state index in [9.17, 15) is 9.59 Å².